The third-order valence-corrected chi connectivity index (χ3v) is 2.59. The zero-order chi connectivity index (χ0) is 11.7. The summed E-state index contributed by atoms with van der Waals surface area (Å²) in [5, 5.41) is 18.3. The molecule has 1 aromatic heterocycles. The number of carboxylic acids is 1. The van der Waals surface area contributed by atoms with Crippen LogP contribution in [0.5, 0.6) is 0 Å². The smallest absolute Gasteiger partial charge is 0.326 e. The lowest BCUT2D eigenvalue weighted by atomic mass is 10.2. The summed E-state index contributed by atoms with van der Waals surface area (Å²) in [5.41, 5.74) is 0.292. The summed E-state index contributed by atoms with van der Waals surface area (Å²) in [6.07, 6.45) is 1.89. The van der Waals surface area contributed by atoms with Crippen molar-refractivity contribution in [2.24, 2.45) is 0 Å². The first kappa shape index (κ1) is 10.7. The summed E-state index contributed by atoms with van der Waals surface area (Å²) in [7, 11) is 0. The normalized spacial score (nSPS) is 24.7. The molecule has 1 saturated heterocycles. The largest absolute Gasteiger partial charge is 0.480 e. The summed E-state index contributed by atoms with van der Waals surface area (Å²) in [6.45, 7) is 0.0426. The molecule has 0 radical (unpaired) electrons. The van der Waals surface area contributed by atoms with Crippen LogP contribution < -0.4 is 0 Å². The Labute approximate surface area is 91.1 Å². The number of aliphatic carboxylic acids is 1. The minimum absolute atomic E-state index is 0.0426. The SMILES string of the molecule is O=C(O)[C@@H]1C[C@@H](O)CN1C(=O)c1ccoc1. The Morgan fingerprint density at radius 3 is 2.81 bits per heavy atom. The second-order valence-electron chi connectivity index (χ2n) is 3.71. The highest BCUT2D eigenvalue weighted by Gasteiger charge is 2.39. The van der Waals surface area contributed by atoms with Gasteiger partial charge in [-0.3, -0.25) is 4.79 Å². The van der Waals surface area contributed by atoms with Gasteiger partial charge in [-0.1, -0.05) is 0 Å². The van der Waals surface area contributed by atoms with E-state index in [0.29, 0.717) is 5.56 Å². The van der Waals surface area contributed by atoms with Crippen molar-refractivity contribution in [3.63, 3.8) is 0 Å². The number of nitrogens with zero attached hydrogens (tertiary/aromatic N) is 1. The highest BCUT2D eigenvalue weighted by molar-refractivity contribution is 5.96. The third kappa shape index (κ3) is 1.79. The Hall–Kier alpha value is -1.82. The van der Waals surface area contributed by atoms with Gasteiger partial charge in [0.15, 0.2) is 0 Å². The number of hydrogen-bond acceptors (Lipinski definition) is 4. The van der Waals surface area contributed by atoms with Crippen LogP contribution in [0.15, 0.2) is 23.0 Å². The third-order valence-electron chi connectivity index (χ3n) is 2.59. The van der Waals surface area contributed by atoms with Crippen LogP contribution in [-0.4, -0.2) is 45.7 Å². The lowest BCUT2D eigenvalue weighted by Gasteiger charge is -2.20. The molecule has 1 aromatic rings. The fraction of sp³-hybridized carbons (Fsp3) is 0.400. The Bertz CT molecular complexity index is 399. The van der Waals surface area contributed by atoms with Crippen molar-refractivity contribution in [3.05, 3.63) is 24.2 Å². The number of carboxylic acid groups (broad SMARTS) is 1. The first-order chi connectivity index (χ1) is 7.59. The van der Waals surface area contributed by atoms with E-state index in [2.05, 4.69) is 0 Å². The number of aliphatic hydroxyl groups is 1. The Morgan fingerprint density at radius 1 is 1.50 bits per heavy atom. The summed E-state index contributed by atoms with van der Waals surface area (Å²) < 4.78 is 4.76. The van der Waals surface area contributed by atoms with Gasteiger partial charge in [0.2, 0.25) is 0 Å². The second-order valence-corrected chi connectivity index (χ2v) is 3.71. The molecule has 0 unspecified atom stereocenters. The summed E-state index contributed by atoms with van der Waals surface area (Å²) in [4.78, 5) is 23.9. The molecule has 2 rings (SSSR count). The van der Waals surface area contributed by atoms with Crippen molar-refractivity contribution >= 4 is 11.9 Å². The molecule has 16 heavy (non-hydrogen) atoms. The van der Waals surface area contributed by atoms with E-state index in [0.717, 1.165) is 4.90 Å². The van der Waals surface area contributed by atoms with E-state index in [1.165, 1.54) is 18.6 Å². The molecular formula is C10H11NO5. The minimum Gasteiger partial charge on any atom is -0.480 e. The number of carbonyl (C=O) groups is 2. The summed E-state index contributed by atoms with van der Waals surface area (Å²) in [6, 6.07) is 0.503. The minimum atomic E-state index is -1.10. The second kappa shape index (κ2) is 3.97. The predicted octanol–water partition coefficient (Wildman–Crippen LogP) is -0.0604. The number of aliphatic hydroxyl groups excluding tert-OH is 1. The zero-order valence-electron chi connectivity index (χ0n) is 8.37. The van der Waals surface area contributed by atoms with Crippen LogP contribution in [0.4, 0.5) is 0 Å². The van der Waals surface area contributed by atoms with Crippen molar-refractivity contribution in [2.45, 2.75) is 18.6 Å². The molecule has 6 heteroatoms. The van der Waals surface area contributed by atoms with Gasteiger partial charge in [0, 0.05) is 13.0 Å². The molecule has 86 valence electrons. The van der Waals surface area contributed by atoms with Gasteiger partial charge in [-0.2, -0.15) is 0 Å². The molecule has 0 aliphatic carbocycles. The number of β-amino-alcohol motifs (C(OH)–C–C–N with tert-alkyl or cyclic N) is 1. The van der Waals surface area contributed by atoms with E-state index in [-0.39, 0.29) is 13.0 Å². The Kier molecular flexibility index (Phi) is 2.66. The fourth-order valence-corrected chi connectivity index (χ4v) is 1.82. The van der Waals surface area contributed by atoms with Gasteiger partial charge in [0.1, 0.15) is 12.3 Å². The van der Waals surface area contributed by atoms with E-state index >= 15 is 0 Å². The molecule has 0 aromatic carbocycles. The highest BCUT2D eigenvalue weighted by atomic mass is 16.4. The highest BCUT2D eigenvalue weighted by Crippen LogP contribution is 2.20. The van der Waals surface area contributed by atoms with Gasteiger partial charge in [0.05, 0.1) is 17.9 Å². The molecule has 2 heterocycles. The van der Waals surface area contributed by atoms with Crippen LogP contribution >= 0.6 is 0 Å². The summed E-state index contributed by atoms with van der Waals surface area (Å²) in [5.74, 6) is -1.54. The van der Waals surface area contributed by atoms with Crippen molar-refractivity contribution < 1.29 is 24.2 Å². The number of hydrogen-bond donors (Lipinski definition) is 2. The van der Waals surface area contributed by atoms with Gasteiger partial charge in [-0.05, 0) is 6.07 Å². The van der Waals surface area contributed by atoms with E-state index in [9.17, 15) is 14.7 Å². The van der Waals surface area contributed by atoms with Gasteiger partial charge in [-0.15, -0.1) is 0 Å². The number of rotatable bonds is 2. The average molecular weight is 225 g/mol. The van der Waals surface area contributed by atoms with Gasteiger partial charge in [0.25, 0.3) is 5.91 Å². The molecule has 0 spiro atoms. The lowest BCUT2D eigenvalue weighted by molar-refractivity contribution is -0.141. The van der Waals surface area contributed by atoms with Gasteiger partial charge >= 0.3 is 5.97 Å². The molecule has 2 atom stereocenters. The lowest BCUT2D eigenvalue weighted by Crippen LogP contribution is -2.40. The number of likely N-dealkylation sites (tertiary alicyclic amines) is 1. The molecular weight excluding hydrogens is 214 g/mol. The average Bonchev–Trinajstić information content (AvgIpc) is 2.84. The molecule has 1 fully saturated rings. The molecule has 0 bridgehead atoms. The molecule has 6 nitrogen and oxygen atoms in total. The first-order valence-corrected chi connectivity index (χ1v) is 4.83. The van der Waals surface area contributed by atoms with Crippen LogP contribution in [0, 0.1) is 0 Å². The maximum Gasteiger partial charge on any atom is 0.326 e. The monoisotopic (exact) mass is 225 g/mol. The van der Waals surface area contributed by atoms with Crippen molar-refractivity contribution in [1.29, 1.82) is 0 Å². The van der Waals surface area contributed by atoms with Gasteiger partial charge < -0.3 is 19.5 Å². The standard InChI is InChI=1S/C10H11NO5/c12-7-3-8(10(14)15)11(4-7)9(13)6-1-2-16-5-6/h1-2,5,7-8,12H,3-4H2,(H,14,15)/t7-,8+/m1/s1. The maximum absolute atomic E-state index is 11.9. The number of carbonyl (C=O) groups excluding carboxylic acids is 1. The van der Waals surface area contributed by atoms with E-state index in [1.54, 1.807) is 0 Å². The van der Waals surface area contributed by atoms with Crippen molar-refractivity contribution in [3.8, 4) is 0 Å². The van der Waals surface area contributed by atoms with Crippen LogP contribution in [-0.2, 0) is 4.79 Å². The Morgan fingerprint density at radius 2 is 2.25 bits per heavy atom. The first-order valence-electron chi connectivity index (χ1n) is 4.83. The number of furan rings is 1. The fourth-order valence-electron chi connectivity index (χ4n) is 1.82. The molecule has 0 saturated carbocycles. The number of amides is 1. The molecule has 1 aliphatic rings. The quantitative estimate of drug-likeness (QED) is 0.735. The zero-order valence-corrected chi connectivity index (χ0v) is 8.37. The predicted molar refractivity (Wildman–Crippen MR) is 51.8 cm³/mol. The van der Waals surface area contributed by atoms with E-state index < -0.39 is 24.0 Å². The van der Waals surface area contributed by atoms with Crippen LogP contribution in [0.3, 0.4) is 0 Å². The van der Waals surface area contributed by atoms with Crippen LogP contribution in [0.1, 0.15) is 16.8 Å². The molecule has 1 aliphatic heterocycles. The Balaban J connectivity index is 2.20. The molecule has 1 amide bonds. The molecule has 2 N–H and O–H groups in total. The summed E-state index contributed by atoms with van der Waals surface area (Å²) >= 11 is 0. The van der Waals surface area contributed by atoms with Crippen LogP contribution in [0.25, 0.3) is 0 Å². The maximum atomic E-state index is 11.9. The van der Waals surface area contributed by atoms with Crippen molar-refractivity contribution in [1.82, 2.24) is 4.90 Å². The van der Waals surface area contributed by atoms with E-state index in [1.807, 2.05) is 0 Å². The van der Waals surface area contributed by atoms with Crippen molar-refractivity contribution in [2.75, 3.05) is 6.54 Å². The topological polar surface area (TPSA) is 91.0 Å². The van der Waals surface area contributed by atoms with Gasteiger partial charge in [-0.25, -0.2) is 4.79 Å². The van der Waals surface area contributed by atoms with E-state index in [4.69, 9.17) is 9.52 Å². The van der Waals surface area contributed by atoms with Crippen LogP contribution in [0.2, 0.25) is 0 Å².